The quantitative estimate of drug-likeness (QED) is 0.553. The van der Waals surface area contributed by atoms with E-state index in [9.17, 15) is 4.79 Å². The minimum atomic E-state index is -0.508. The Morgan fingerprint density at radius 1 is 1.12 bits per heavy atom. The Morgan fingerprint density at radius 3 is 2.80 bits per heavy atom. The van der Waals surface area contributed by atoms with E-state index in [4.69, 9.17) is 16.2 Å². The highest BCUT2D eigenvalue weighted by Gasteiger charge is 2.10. The first-order valence-corrected chi connectivity index (χ1v) is 8.29. The summed E-state index contributed by atoms with van der Waals surface area (Å²) in [5.74, 6) is 0.435. The molecule has 5 N–H and O–H groups in total. The van der Waals surface area contributed by atoms with Gasteiger partial charge >= 0.3 is 0 Å². The number of carbonyl (C=O) groups excluding carboxylic acids is 1. The van der Waals surface area contributed by atoms with Gasteiger partial charge in [0.05, 0.1) is 6.54 Å². The number of primary amides is 1. The first-order chi connectivity index (χ1) is 12.1. The smallest absolute Gasteiger partial charge is 0.255 e. The molecular formula is C19H22N4O2. The molecule has 6 heteroatoms. The molecule has 0 fully saturated rings. The normalized spacial score (nSPS) is 13.4. The highest BCUT2D eigenvalue weighted by atomic mass is 16.5. The predicted molar refractivity (Wildman–Crippen MR) is 98.5 cm³/mol. The number of rotatable bonds is 6. The number of hydrogen-bond donors (Lipinski definition) is 3. The van der Waals surface area contributed by atoms with Crippen molar-refractivity contribution in [1.29, 1.82) is 0 Å². The number of amides is 1. The maximum atomic E-state index is 10.8. The van der Waals surface area contributed by atoms with E-state index in [1.165, 1.54) is 17.5 Å². The van der Waals surface area contributed by atoms with E-state index in [1.807, 2.05) is 24.3 Å². The number of anilines is 1. The second-order valence-electron chi connectivity index (χ2n) is 6.07. The monoisotopic (exact) mass is 338 g/mol. The van der Waals surface area contributed by atoms with Crippen molar-refractivity contribution in [2.45, 2.75) is 25.8 Å². The molecule has 0 heterocycles. The molecule has 2 aromatic rings. The van der Waals surface area contributed by atoms with Gasteiger partial charge in [-0.2, -0.15) is 0 Å². The number of benzene rings is 2. The Bertz CT molecular complexity index is 802. The molecule has 25 heavy (non-hydrogen) atoms. The number of ether oxygens (including phenoxy) is 1. The number of hydrogen-bond acceptors (Lipinski definition) is 3. The predicted octanol–water partition coefficient (Wildman–Crippen LogP) is 1.97. The van der Waals surface area contributed by atoms with E-state index < -0.39 is 5.91 Å². The van der Waals surface area contributed by atoms with Gasteiger partial charge in [-0.05, 0) is 60.2 Å². The number of aryl methyl sites for hydroxylation is 2. The van der Waals surface area contributed by atoms with Crippen LogP contribution >= 0.6 is 0 Å². The SMILES string of the molecule is NC(=O)COc1cccc(CN=C(N)Nc2ccc3c(c2)CCC3)c1. The minimum absolute atomic E-state index is 0.144. The molecule has 0 radical (unpaired) electrons. The second-order valence-corrected chi connectivity index (χ2v) is 6.07. The van der Waals surface area contributed by atoms with Crippen LogP contribution in [0, 0.1) is 0 Å². The topological polar surface area (TPSA) is 103 Å². The number of nitrogens with zero attached hydrogens (tertiary/aromatic N) is 1. The summed E-state index contributed by atoms with van der Waals surface area (Å²) in [7, 11) is 0. The Balaban J connectivity index is 1.59. The van der Waals surface area contributed by atoms with Crippen molar-refractivity contribution in [3.8, 4) is 5.75 Å². The molecule has 0 aliphatic heterocycles. The fraction of sp³-hybridized carbons (Fsp3) is 0.263. The van der Waals surface area contributed by atoms with Gasteiger partial charge < -0.3 is 21.5 Å². The summed E-state index contributed by atoms with van der Waals surface area (Å²) in [6.45, 7) is 0.270. The van der Waals surface area contributed by atoms with Gasteiger partial charge in [0.15, 0.2) is 12.6 Å². The summed E-state index contributed by atoms with van der Waals surface area (Å²) in [4.78, 5) is 15.1. The summed E-state index contributed by atoms with van der Waals surface area (Å²) in [5, 5.41) is 3.13. The third-order valence-electron chi connectivity index (χ3n) is 4.08. The lowest BCUT2D eigenvalue weighted by Crippen LogP contribution is -2.22. The van der Waals surface area contributed by atoms with Crippen LogP contribution in [0.2, 0.25) is 0 Å². The number of nitrogens with one attached hydrogen (secondary N) is 1. The molecule has 130 valence electrons. The fourth-order valence-corrected chi connectivity index (χ4v) is 2.90. The van der Waals surface area contributed by atoms with Crippen LogP contribution in [0.25, 0.3) is 0 Å². The third-order valence-corrected chi connectivity index (χ3v) is 4.08. The van der Waals surface area contributed by atoms with Gasteiger partial charge in [-0.15, -0.1) is 0 Å². The summed E-state index contributed by atoms with van der Waals surface area (Å²) < 4.78 is 5.28. The molecule has 1 aliphatic rings. The van der Waals surface area contributed by atoms with E-state index in [2.05, 4.69) is 22.4 Å². The van der Waals surface area contributed by atoms with Crippen molar-refractivity contribution in [3.05, 3.63) is 59.2 Å². The van der Waals surface area contributed by atoms with Crippen LogP contribution in [0.4, 0.5) is 5.69 Å². The van der Waals surface area contributed by atoms with Gasteiger partial charge in [-0.3, -0.25) is 4.79 Å². The molecule has 0 spiro atoms. The first-order valence-electron chi connectivity index (χ1n) is 8.29. The van der Waals surface area contributed by atoms with E-state index in [-0.39, 0.29) is 6.61 Å². The van der Waals surface area contributed by atoms with Crippen LogP contribution in [0.1, 0.15) is 23.1 Å². The summed E-state index contributed by atoms with van der Waals surface area (Å²) in [6, 6.07) is 13.7. The van der Waals surface area contributed by atoms with Crippen molar-refractivity contribution in [1.82, 2.24) is 0 Å². The Hall–Kier alpha value is -3.02. The van der Waals surface area contributed by atoms with Crippen molar-refractivity contribution in [2.75, 3.05) is 11.9 Å². The van der Waals surface area contributed by atoms with Crippen LogP contribution in [-0.4, -0.2) is 18.5 Å². The van der Waals surface area contributed by atoms with Crippen LogP contribution in [0.15, 0.2) is 47.5 Å². The highest BCUT2D eigenvalue weighted by molar-refractivity contribution is 5.92. The lowest BCUT2D eigenvalue weighted by atomic mass is 10.1. The second kappa shape index (κ2) is 7.70. The highest BCUT2D eigenvalue weighted by Crippen LogP contribution is 2.24. The number of carbonyl (C=O) groups is 1. The first kappa shape index (κ1) is 16.8. The van der Waals surface area contributed by atoms with E-state index in [0.29, 0.717) is 18.3 Å². The standard InChI is InChI=1S/C19H22N4O2/c20-18(24)12-25-17-6-1-3-13(9-17)11-22-19(21)23-16-8-7-14-4-2-5-15(14)10-16/h1,3,6-10H,2,4-5,11-12H2,(H2,20,24)(H3,21,22,23). The Labute approximate surface area is 146 Å². The lowest BCUT2D eigenvalue weighted by Gasteiger charge is -2.08. The molecule has 0 unspecified atom stereocenters. The van der Waals surface area contributed by atoms with E-state index in [0.717, 1.165) is 24.1 Å². The van der Waals surface area contributed by atoms with Crippen LogP contribution in [0.3, 0.4) is 0 Å². The molecule has 1 aliphatic carbocycles. The van der Waals surface area contributed by atoms with Gasteiger partial charge in [0.1, 0.15) is 5.75 Å². The van der Waals surface area contributed by atoms with Crippen molar-refractivity contribution >= 4 is 17.6 Å². The van der Waals surface area contributed by atoms with Gasteiger partial charge in [0.25, 0.3) is 5.91 Å². The molecule has 0 saturated heterocycles. The van der Waals surface area contributed by atoms with Gasteiger partial charge in [0, 0.05) is 5.69 Å². The Morgan fingerprint density at radius 2 is 1.96 bits per heavy atom. The average molecular weight is 338 g/mol. The molecule has 0 saturated carbocycles. The summed E-state index contributed by atoms with van der Waals surface area (Å²) >= 11 is 0. The summed E-state index contributed by atoms with van der Waals surface area (Å²) in [5.41, 5.74) is 15.8. The third kappa shape index (κ3) is 4.73. The van der Waals surface area contributed by atoms with Crippen LogP contribution in [0.5, 0.6) is 5.75 Å². The maximum Gasteiger partial charge on any atom is 0.255 e. The molecule has 6 nitrogen and oxygen atoms in total. The Kier molecular flexibility index (Phi) is 5.18. The number of fused-ring (bicyclic) bond motifs is 1. The largest absolute Gasteiger partial charge is 0.484 e. The molecule has 0 aromatic heterocycles. The molecule has 2 aromatic carbocycles. The summed E-state index contributed by atoms with van der Waals surface area (Å²) in [6.07, 6.45) is 3.50. The van der Waals surface area contributed by atoms with Crippen LogP contribution in [-0.2, 0) is 24.2 Å². The van der Waals surface area contributed by atoms with Gasteiger partial charge in [-0.1, -0.05) is 18.2 Å². The van der Waals surface area contributed by atoms with Crippen LogP contribution < -0.4 is 21.5 Å². The minimum Gasteiger partial charge on any atom is -0.484 e. The van der Waals surface area contributed by atoms with Gasteiger partial charge in [0.2, 0.25) is 0 Å². The van der Waals surface area contributed by atoms with Crippen molar-refractivity contribution < 1.29 is 9.53 Å². The van der Waals surface area contributed by atoms with E-state index >= 15 is 0 Å². The lowest BCUT2D eigenvalue weighted by molar-refractivity contribution is -0.119. The molecular weight excluding hydrogens is 316 g/mol. The fourth-order valence-electron chi connectivity index (χ4n) is 2.90. The molecule has 0 bridgehead atoms. The zero-order chi connectivity index (χ0) is 17.6. The average Bonchev–Trinajstić information content (AvgIpc) is 3.06. The van der Waals surface area contributed by atoms with Crippen molar-refractivity contribution in [3.63, 3.8) is 0 Å². The number of nitrogens with two attached hydrogens (primary N) is 2. The molecule has 0 atom stereocenters. The molecule has 1 amide bonds. The number of guanidine groups is 1. The van der Waals surface area contributed by atoms with Crippen molar-refractivity contribution in [2.24, 2.45) is 16.5 Å². The zero-order valence-electron chi connectivity index (χ0n) is 14.0. The van der Waals surface area contributed by atoms with E-state index in [1.54, 1.807) is 6.07 Å². The van der Waals surface area contributed by atoms with Gasteiger partial charge in [-0.25, -0.2) is 4.99 Å². The molecule has 3 rings (SSSR count). The maximum absolute atomic E-state index is 10.8. The number of aliphatic imine (C=N–C) groups is 1. The zero-order valence-corrected chi connectivity index (χ0v) is 14.0.